The zero-order chi connectivity index (χ0) is 19.1. The van der Waals surface area contributed by atoms with Gasteiger partial charge in [-0.15, -0.1) is 0 Å². The first-order chi connectivity index (χ1) is 13.1. The van der Waals surface area contributed by atoms with Crippen LogP contribution in [0.1, 0.15) is 5.56 Å². The van der Waals surface area contributed by atoms with Crippen LogP contribution in [0.3, 0.4) is 0 Å². The van der Waals surface area contributed by atoms with E-state index < -0.39 is 0 Å². The molecule has 6 nitrogen and oxygen atoms in total. The fraction of sp³-hybridized carbons (Fsp3) is 0.250. The molecule has 0 saturated carbocycles. The zero-order valence-corrected chi connectivity index (χ0v) is 15.5. The Morgan fingerprint density at radius 1 is 1.04 bits per heavy atom. The van der Waals surface area contributed by atoms with Crippen molar-refractivity contribution >= 4 is 11.8 Å². The van der Waals surface area contributed by atoms with Gasteiger partial charge in [-0.1, -0.05) is 18.2 Å². The molecule has 0 amide bonds. The van der Waals surface area contributed by atoms with E-state index in [1.807, 2.05) is 38.4 Å². The van der Waals surface area contributed by atoms with E-state index >= 15 is 0 Å². The van der Waals surface area contributed by atoms with Crippen LogP contribution in [0.5, 0.6) is 0 Å². The number of aromatic nitrogens is 3. The molecule has 0 spiro atoms. The molecule has 2 aromatic heterocycles. The molecule has 2 N–H and O–H groups in total. The molecule has 27 heavy (non-hydrogen) atoms. The molecule has 0 atom stereocenters. The van der Waals surface area contributed by atoms with E-state index in [4.69, 9.17) is 0 Å². The van der Waals surface area contributed by atoms with E-state index in [2.05, 4.69) is 30.5 Å². The van der Waals surface area contributed by atoms with Gasteiger partial charge in [-0.05, 0) is 32.3 Å². The number of hydrogen-bond donors (Lipinski definition) is 2. The second-order valence-corrected chi connectivity index (χ2v) is 6.38. The highest BCUT2D eigenvalue weighted by atomic mass is 19.1. The number of benzene rings is 1. The Labute approximate surface area is 158 Å². The quantitative estimate of drug-likeness (QED) is 0.638. The first kappa shape index (κ1) is 18.7. The Hall–Kier alpha value is -3.06. The molecule has 0 saturated heterocycles. The van der Waals surface area contributed by atoms with Gasteiger partial charge in [0.25, 0.3) is 0 Å². The van der Waals surface area contributed by atoms with Gasteiger partial charge >= 0.3 is 0 Å². The average molecular weight is 366 g/mol. The van der Waals surface area contributed by atoms with Crippen molar-refractivity contribution in [2.75, 3.05) is 37.8 Å². The van der Waals surface area contributed by atoms with Gasteiger partial charge in [0, 0.05) is 49.2 Å². The molecule has 0 aliphatic heterocycles. The van der Waals surface area contributed by atoms with Gasteiger partial charge in [-0.2, -0.15) is 4.98 Å². The summed E-state index contributed by atoms with van der Waals surface area (Å²) in [5.74, 6) is 0.907. The molecule has 140 valence electrons. The van der Waals surface area contributed by atoms with Crippen LogP contribution >= 0.6 is 0 Å². The van der Waals surface area contributed by atoms with E-state index in [1.165, 1.54) is 6.07 Å². The van der Waals surface area contributed by atoms with Gasteiger partial charge in [-0.3, -0.25) is 4.98 Å². The second-order valence-electron chi connectivity index (χ2n) is 6.38. The standard InChI is InChI=1S/C20H23FN6/c1-27(2)11-10-23-20-25-18(16-7-5-9-22-13-16)12-19(26-20)24-14-15-6-3-4-8-17(15)21/h3-9,12-13H,10-11,14H2,1-2H3,(H2,23,24,25,26). The maximum absolute atomic E-state index is 13.9. The number of pyridine rings is 1. The summed E-state index contributed by atoms with van der Waals surface area (Å²) in [7, 11) is 4.02. The monoisotopic (exact) mass is 366 g/mol. The Balaban J connectivity index is 1.81. The number of halogens is 1. The molecular formula is C20H23FN6. The second kappa shape index (κ2) is 9.05. The summed E-state index contributed by atoms with van der Waals surface area (Å²) in [5.41, 5.74) is 2.23. The molecule has 0 bridgehead atoms. The Morgan fingerprint density at radius 2 is 1.89 bits per heavy atom. The molecule has 3 aromatic rings. The predicted molar refractivity (Wildman–Crippen MR) is 106 cm³/mol. The first-order valence-corrected chi connectivity index (χ1v) is 8.77. The highest BCUT2D eigenvalue weighted by Crippen LogP contribution is 2.21. The van der Waals surface area contributed by atoms with E-state index in [0.29, 0.717) is 23.9 Å². The summed E-state index contributed by atoms with van der Waals surface area (Å²) in [5, 5.41) is 6.43. The predicted octanol–water partition coefficient (Wildman–Crippen LogP) is 3.26. The number of nitrogens with one attached hydrogen (secondary N) is 2. The molecule has 0 unspecified atom stereocenters. The number of nitrogens with zero attached hydrogens (tertiary/aromatic N) is 4. The highest BCUT2D eigenvalue weighted by Gasteiger charge is 2.08. The lowest BCUT2D eigenvalue weighted by Crippen LogP contribution is -2.21. The van der Waals surface area contributed by atoms with Gasteiger partial charge in [0.05, 0.1) is 5.69 Å². The number of anilines is 2. The van der Waals surface area contributed by atoms with Gasteiger partial charge in [0.2, 0.25) is 5.95 Å². The summed E-state index contributed by atoms with van der Waals surface area (Å²) in [6.45, 7) is 1.92. The minimum atomic E-state index is -0.240. The summed E-state index contributed by atoms with van der Waals surface area (Å²) >= 11 is 0. The summed E-state index contributed by atoms with van der Waals surface area (Å²) in [4.78, 5) is 15.3. The van der Waals surface area contributed by atoms with Crippen molar-refractivity contribution in [2.24, 2.45) is 0 Å². The third-order valence-corrected chi connectivity index (χ3v) is 3.94. The SMILES string of the molecule is CN(C)CCNc1nc(NCc2ccccc2F)cc(-c2cccnc2)n1. The minimum Gasteiger partial charge on any atom is -0.366 e. The third-order valence-electron chi connectivity index (χ3n) is 3.94. The van der Waals surface area contributed by atoms with Gasteiger partial charge < -0.3 is 15.5 Å². The molecule has 1 aromatic carbocycles. The van der Waals surface area contributed by atoms with Crippen molar-refractivity contribution in [3.8, 4) is 11.3 Å². The van der Waals surface area contributed by atoms with Gasteiger partial charge in [0.1, 0.15) is 11.6 Å². The van der Waals surface area contributed by atoms with E-state index in [1.54, 1.807) is 24.5 Å². The number of likely N-dealkylation sites (N-methyl/N-ethyl adjacent to an activating group) is 1. The van der Waals surface area contributed by atoms with Crippen molar-refractivity contribution in [1.82, 2.24) is 19.9 Å². The van der Waals surface area contributed by atoms with Crippen molar-refractivity contribution in [3.63, 3.8) is 0 Å². The summed E-state index contributed by atoms with van der Waals surface area (Å²) in [6.07, 6.45) is 3.48. The van der Waals surface area contributed by atoms with Crippen LogP contribution in [-0.2, 0) is 6.54 Å². The average Bonchev–Trinajstić information content (AvgIpc) is 2.68. The van der Waals surface area contributed by atoms with Crippen molar-refractivity contribution in [3.05, 3.63) is 66.2 Å². The molecular weight excluding hydrogens is 343 g/mol. The smallest absolute Gasteiger partial charge is 0.225 e. The van der Waals surface area contributed by atoms with Crippen LogP contribution in [-0.4, -0.2) is 47.0 Å². The minimum absolute atomic E-state index is 0.240. The van der Waals surface area contributed by atoms with Crippen LogP contribution in [0, 0.1) is 5.82 Å². The topological polar surface area (TPSA) is 66.0 Å². The molecule has 0 aliphatic carbocycles. The lowest BCUT2D eigenvalue weighted by Gasteiger charge is -2.13. The number of rotatable bonds is 8. The maximum atomic E-state index is 13.9. The lowest BCUT2D eigenvalue weighted by molar-refractivity contribution is 0.425. The normalized spacial score (nSPS) is 10.8. The fourth-order valence-electron chi connectivity index (χ4n) is 2.50. The zero-order valence-electron chi connectivity index (χ0n) is 15.5. The molecule has 2 heterocycles. The molecule has 7 heteroatoms. The Morgan fingerprint density at radius 3 is 2.63 bits per heavy atom. The molecule has 3 rings (SSSR count). The molecule has 0 fully saturated rings. The van der Waals surface area contributed by atoms with Crippen LogP contribution in [0.25, 0.3) is 11.3 Å². The van der Waals surface area contributed by atoms with Gasteiger partial charge in [0.15, 0.2) is 0 Å². The number of hydrogen-bond acceptors (Lipinski definition) is 6. The summed E-state index contributed by atoms with van der Waals surface area (Å²) in [6, 6.07) is 12.3. The third kappa shape index (κ3) is 5.46. The van der Waals surface area contributed by atoms with Crippen LogP contribution in [0.15, 0.2) is 54.9 Å². The highest BCUT2D eigenvalue weighted by molar-refractivity contribution is 5.63. The van der Waals surface area contributed by atoms with Crippen molar-refractivity contribution < 1.29 is 4.39 Å². The first-order valence-electron chi connectivity index (χ1n) is 8.77. The molecule has 0 radical (unpaired) electrons. The fourth-order valence-corrected chi connectivity index (χ4v) is 2.50. The van der Waals surface area contributed by atoms with Crippen molar-refractivity contribution in [1.29, 1.82) is 0 Å². The van der Waals surface area contributed by atoms with E-state index in [9.17, 15) is 4.39 Å². The Kier molecular flexibility index (Phi) is 6.27. The maximum Gasteiger partial charge on any atom is 0.225 e. The largest absolute Gasteiger partial charge is 0.366 e. The van der Waals surface area contributed by atoms with E-state index in [0.717, 1.165) is 24.3 Å². The van der Waals surface area contributed by atoms with Gasteiger partial charge in [-0.25, -0.2) is 9.37 Å². The lowest BCUT2D eigenvalue weighted by atomic mass is 10.2. The van der Waals surface area contributed by atoms with E-state index in [-0.39, 0.29) is 5.82 Å². The van der Waals surface area contributed by atoms with Crippen LogP contribution in [0.2, 0.25) is 0 Å². The summed E-state index contributed by atoms with van der Waals surface area (Å²) < 4.78 is 13.9. The van der Waals surface area contributed by atoms with Crippen LogP contribution < -0.4 is 10.6 Å². The van der Waals surface area contributed by atoms with Crippen LogP contribution in [0.4, 0.5) is 16.2 Å². The van der Waals surface area contributed by atoms with Crippen molar-refractivity contribution in [2.45, 2.75) is 6.54 Å². The molecule has 0 aliphatic rings. The Bertz CT molecular complexity index is 869.